The van der Waals surface area contributed by atoms with Crippen molar-refractivity contribution in [3.8, 4) is 22.9 Å². The maximum Gasteiger partial charge on any atom is 0.284 e. The summed E-state index contributed by atoms with van der Waals surface area (Å²) in [5.41, 5.74) is 0.885. The molecule has 4 aromatic rings. The molecule has 0 radical (unpaired) electrons. The highest BCUT2D eigenvalue weighted by Crippen LogP contribution is 2.28. The van der Waals surface area contributed by atoms with Gasteiger partial charge in [-0.05, 0) is 24.3 Å². The molecule has 4 rings (SSSR count). The van der Waals surface area contributed by atoms with E-state index in [0.29, 0.717) is 28.6 Å². The second-order valence-electron chi connectivity index (χ2n) is 6.67. The third-order valence-electron chi connectivity index (χ3n) is 4.72. The predicted molar refractivity (Wildman–Crippen MR) is 116 cm³/mol. The maximum atomic E-state index is 12.9. The van der Waals surface area contributed by atoms with Gasteiger partial charge in [0.25, 0.3) is 5.56 Å². The second-order valence-corrected chi connectivity index (χ2v) is 6.67. The lowest BCUT2D eigenvalue weighted by atomic mass is 10.2. The van der Waals surface area contributed by atoms with Crippen molar-refractivity contribution in [3.63, 3.8) is 0 Å². The zero-order valence-corrected chi connectivity index (χ0v) is 17.6. The average molecular weight is 436 g/mol. The van der Waals surface area contributed by atoms with Gasteiger partial charge in [-0.25, -0.2) is 4.98 Å². The molecule has 0 bridgehead atoms. The summed E-state index contributed by atoms with van der Waals surface area (Å²) in [6.07, 6.45) is 1.28. The van der Waals surface area contributed by atoms with E-state index in [0.717, 1.165) is 4.57 Å². The lowest BCUT2D eigenvalue weighted by Crippen LogP contribution is -2.28. The van der Waals surface area contributed by atoms with Crippen LogP contribution in [0, 0.1) is 0 Å². The fourth-order valence-electron chi connectivity index (χ4n) is 3.13. The first kappa shape index (κ1) is 20.8. The van der Waals surface area contributed by atoms with Crippen LogP contribution < -0.4 is 25.1 Å². The fourth-order valence-corrected chi connectivity index (χ4v) is 3.13. The number of ether oxygens (including phenoxy) is 3. The number of amides is 1. The molecule has 2 heterocycles. The largest absolute Gasteiger partial charge is 0.497 e. The number of aromatic nitrogens is 5. The molecule has 0 aliphatic rings. The minimum atomic E-state index is -0.489. The molecule has 0 saturated carbocycles. The van der Waals surface area contributed by atoms with Gasteiger partial charge in [0, 0.05) is 12.1 Å². The number of carbonyl (C=O) groups excluding carboxylic acids is 1. The Balaban J connectivity index is 1.60. The first-order valence-electron chi connectivity index (χ1n) is 9.51. The Morgan fingerprint density at radius 2 is 1.81 bits per heavy atom. The highest BCUT2D eigenvalue weighted by Gasteiger charge is 2.16. The number of fused-ring (bicyclic) bond motifs is 1. The topological polar surface area (TPSA) is 122 Å². The Bertz CT molecular complexity index is 1350. The van der Waals surface area contributed by atoms with Crippen molar-refractivity contribution in [2.75, 3.05) is 26.6 Å². The van der Waals surface area contributed by atoms with Crippen LogP contribution in [-0.2, 0) is 11.3 Å². The fraction of sp³-hybridized carbons (Fsp3) is 0.190. The number of rotatable bonds is 7. The summed E-state index contributed by atoms with van der Waals surface area (Å²) in [5.74, 6) is 1.20. The zero-order chi connectivity index (χ0) is 22.7. The molecule has 0 aliphatic heterocycles. The van der Waals surface area contributed by atoms with Crippen LogP contribution in [0.1, 0.15) is 0 Å². The van der Waals surface area contributed by atoms with E-state index >= 15 is 0 Å². The SMILES string of the molecule is COc1cccc(-n2nnc3c(=O)n(CC(=O)Nc4cc(OC)ccc4OC)cnc32)c1. The molecule has 0 unspecified atom stereocenters. The second kappa shape index (κ2) is 8.76. The quantitative estimate of drug-likeness (QED) is 0.464. The molecular weight excluding hydrogens is 416 g/mol. The smallest absolute Gasteiger partial charge is 0.284 e. The molecule has 0 fully saturated rings. The van der Waals surface area contributed by atoms with Crippen LogP contribution >= 0.6 is 0 Å². The summed E-state index contributed by atoms with van der Waals surface area (Å²) in [6.45, 7) is -0.270. The van der Waals surface area contributed by atoms with Crippen molar-refractivity contribution in [1.29, 1.82) is 0 Å². The molecule has 0 atom stereocenters. The van der Waals surface area contributed by atoms with Crippen molar-refractivity contribution in [1.82, 2.24) is 24.5 Å². The summed E-state index contributed by atoms with van der Waals surface area (Å²) in [6, 6.07) is 12.1. The van der Waals surface area contributed by atoms with Crippen LogP contribution in [0.3, 0.4) is 0 Å². The van der Waals surface area contributed by atoms with Crippen molar-refractivity contribution in [2.24, 2.45) is 0 Å². The molecule has 0 spiro atoms. The Morgan fingerprint density at radius 3 is 2.56 bits per heavy atom. The van der Waals surface area contributed by atoms with Gasteiger partial charge < -0.3 is 19.5 Å². The molecule has 0 aliphatic carbocycles. The standard InChI is InChI=1S/C21H20N6O5/c1-30-14-6-4-5-13(9-14)27-20-19(24-25-27)21(29)26(12-22-20)11-18(28)23-16-10-15(31-2)7-8-17(16)32-3/h4-10,12H,11H2,1-3H3,(H,23,28). The molecule has 2 aromatic carbocycles. The number of hydrogen-bond acceptors (Lipinski definition) is 8. The van der Waals surface area contributed by atoms with Crippen molar-refractivity contribution in [3.05, 3.63) is 59.1 Å². The van der Waals surface area contributed by atoms with Gasteiger partial charge in [0.2, 0.25) is 5.91 Å². The van der Waals surface area contributed by atoms with Gasteiger partial charge in [-0.15, -0.1) is 5.10 Å². The maximum absolute atomic E-state index is 12.9. The molecule has 11 nitrogen and oxygen atoms in total. The summed E-state index contributed by atoms with van der Waals surface area (Å²) in [5, 5.41) is 10.7. The van der Waals surface area contributed by atoms with E-state index in [9.17, 15) is 9.59 Å². The summed E-state index contributed by atoms with van der Waals surface area (Å²) < 4.78 is 18.3. The predicted octanol–water partition coefficient (Wildman–Crippen LogP) is 1.64. The lowest BCUT2D eigenvalue weighted by Gasteiger charge is -2.12. The number of benzene rings is 2. The Kier molecular flexibility index (Phi) is 5.71. The summed E-state index contributed by atoms with van der Waals surface area (Å²) in [4.78, 5) is 29.7. The number of nitrogens with zero attached hydrogens (tertiary/aromatic N) is 5. The first-order chi connectivity index (χ1) is 15.5. The minimum absolute atomic E-state index is 0.0436. The van der Waals surface area contributed by atoms with Crippen LogP contribution in [-0.4, -0.2) is 51.8 Å². The van der Waals surface area contributed by atoms with Gasteiger partial charge in [-0.2, -0.15) is 4.68 Å². The van der Waals surface area contributed by atoms with Crippen LogP contribution in [0.5, 0.6) is 17.2 Å². The molecule has 2 aromatic heterocycles. The molecule has 0 saturated heterocycles. The third kappa shape index (κ3) is 3.95. The van der Waals surface area contributed by atoms with Crippen molar-refractivity contribution >= 4 is 22.8 Å². The number of carbonyl (C=O) groups is 1. The van der Waals surface area contributed by atoms with Gasteiger partial charge in [0.1, 0.15) is 30.1 Å². The monoisotopic (exact) mass is 436 g/mol. The first-order valence-corrected chi connectivity index (χ1v) is 9.51. The number of anilines is 1. The Labute approximate surface area is 182 Å². The van der Waals surface area contributed by atoms with E-state index in [1.54, 1.807) is 49.6 Å². The van der Waals surface area contributed by atoms with Gasteiger partial charge in [0.15, 0.2) is 11.2 Å². The van der Waals surface area contributed by atoms with E-state index in [2.05, 4.69) is 20.6 Å². The molecule has 11 heteroatoms. The zero-order valence-electron chi connectivity index (χ0n) is 17.6. The molecule has 1 amide bonds. The molecule has 32 heavy (non-hydrogen) atoms. The minimum Gasteiger partial charge on any atom is -0.497 e. The molecule has 164 valence electrons. The van der Waals surface area contributed by atoms with Crippen LogP contribution in [0.15, 0.2) is 53.6 Å². The third-order valence-corrected chi connectivity index (χ3v) is 4.72. The van der Waals surface area contributed by atoms with Gasteiger partial charge in [0.05, 0.1) is 32.7 Å². The van der Waals surface area contributed by atoms with Crippen LogP contribution in [0.4, 0.5) is 5.69 Å². The van der Waals surface area contributed by atoms with Gasteiger partial charge in [-0.1, -0.05) is 11.3 Å². The number of hydrogen-bond donors (Lipinski definition) is 1. The van der Waals surface area contributed by atoms with Crippen LogP contribution in [0.25, 0.3) is 16.9 Å². The van der Waals surface area contributed by atoms with E-state index in [4.69, 9.17) is 14.2 Å². The Hall–Kier alpha value is -4.41. The molecule has 1 N–H and O–H groups in total. The number of nitrogens with one attached hydrogen (secondary N) is 1. The van der Waals surface area contributed by atoms with Crippen molar-refractivity contribution in [2.45, 2.75) is 6.54 Å². The highest BCUT2D eigenvalue weighted by atomic mass is 16.5. The van der Waals surface area contributed by atoms with Gasteiger partial charge >= 0.3 is 0 Å². The lowest BCUT2D eigenvalue weighted by molar-refractivity contribution is -0.116. The summed E-state index contributed by atoms with van der Waals surface area (Å²) in [7, 11) is 4.57. The highest BCUT2D eigenvalue weighted by molar-refractivity contribution is 5.92. The molecular formula is C21H20N6O5. The Morgan fingerprint density at radius 1 is 1.03 bits per heavy atom. The average Bonchev–Trinajstić information content (AvgIpc) is 3.25. The van der Waals surface area contributed by atoms with E-state index in [-0.39, 0.29) is 17.7 Å². The van der Waals surface area contributed by atoms with E-state index in [1.807, 2.05) is 0 Å². The van der Waals surface area contributed by atoms with E-state index in [1.165, 1.54) is 25.2 Å². The van der Waals surface area contributed by atoms with E-state index < -0.39 is 11.5 Å². The summed E-state index contributed by atoms with van der Waals surface area (Å²) >= 11 is 0. The normalized spacial score (nSPS) is 10.7. The van der Waals surface area contributed by atoms with Crippen LogP contribution in [0.2, 0.25) is 0 Å². The number of methoxy groups -OCH3 is 3. The van der Waals surface area contributed by atoms with Gasteiger partial charge in [-0.3, -0.25) is 14.2 Å². The van der Waals surface area contributed by atoms with Crippen molar-refractivity contribution < 1.29 is 19.0 Å².